The number of carbonyl (C=O) groups is 1. The molecule has 0 bridgehead atoms. The molecule has 0 saturated heterocycles. The number of aromatic carboxylic acids is 1. The summed E-state index contributed by atoms with van der Waals surface area (Å²) in [5.41, 5.74) is -0.0689. The third-order valence-corrected chi connectivity index (χ3v) is 3.70. The summed E-state index contributed by atoms with van der Waals surface area (Å²) in [6.45, 7) is 0.613. The second-order valence-electron chi connectivity index (χ2n) is 4.21. The average Bonchev–Trinajstić information content (AvgIpc) is 2.69. The highest BCUT2D eigenvalue weighted by Gasteiger charge is 2.25. The van der Waals surface area contributed by atoms with E-state index in [2.05, 4.69) is 10.3 Å². The van der Waals surface area contributed by atoms with Gasteiger partial charge in [-0.25, -0.2) is 9.78 Å². The fraction of sp³-hybridized carbons (Fsp3) is 0.556. The summed E-state index contributed by atoms with van der Waals surface area (Å²) in [6, 6.07) is -0.130. The van der Waals surface area contributed by atoms with E-state index in [1.54, 1.807) is 4.57 Å². The highest BCUT2D eigenvalue weighted by Crippen LogP contribution is 2.38. The van der Waals surface area contributed by atoms with Gasteiger partial charge < -0.3 is 24.8 Å². The van der Waals surface area contributed by atoms with Crippen LogP contribution in [0.15, 0.2) is 6.20 Å². The van der Waals surface area contributed by atoms with Gasteiger partial charge in [-0.3, -0.25) is 4.57 Å². The number of rotatable bonds is 4. The first-order valence-electron chi connectivity index (χ1n) is 5.47. The number of hydrogen-bond donors (Lipinski definition) is 4. The Bertz CT molecular complexity index is 508. The molecular formula is C9H14N3O5P. The normalized spacial score (nSPS) is 19.1. The first-order valence-corrected chi connectivity index (χ1v) is 7.27. The van der Waals surface area contributed by atoms with Crippen molar-refractivity contribution in [1.29, 1.82) is 0 Å². The highest BCUT2D eigenvalue weighted by molar-refractivity contribution is 7.51. The van der Waals surface area contributed by atoms with Gasteiger partial charge in [0.1, 0.15) is 0 Å². The van der Waals surface area contributed by atoms with Gasteiger partial charge in [-0.1, -0.05) is 0 Å². The summed E-state index contributed by atoms with van der Waals surface area (Å²) in [4.78, 5) is 32.5. The van der Waals surface area contributed by atoms with Gasteiger partial charge in [-0.15, -0.1) is 0 Å². The van der Waals surface area contributed by atoms with E-state index in [0.717, 1.165) is 0 Å². The van der Waals surface area contributed by atoms with E-state index >= 15 is 0 Å². The van der Waals surface area contributed by atoms with Crippen molar-refractivity contribution in [3.8, 4) is 0 Å². The number of fused-ring (bicyclic) bond motifs is 1. The lowest BCUT2D eigenvalue weighted by Crippen LogP contribution is -2.23. The van der Waals surface area contributed by atoms with Crippen LogP contribution in [0.25, 0.3) is 0 Å². The molecule has 0 saturated carbocycles. The van der Waals surface area contributed by atoms with Crippen LogP contribution in [-0.4, -0.2) is 43.1 Å². The molecule has 1 aromatic rings. The van der Waals surface area contributed by atoms with Crippen molar-refractivity contribution in [2.45, 2.75) is 18.9 Å². The summed E-state index contributed by atoms with van der Waals surface area (Å²) in [7, 11) is -4.03. The van der Waals surface area contributed by atoms with Gasteiger partial charge in [-0.2, -0.15) is 0 Å². The van der Waals surface area contributed by atoms with Crippen LogP contribution in [0.2, 0.25) is 0 Å². The first-order chi connectivity index (χ1) is 8.37. The predicted molar refractivity (Wildman–Crippen MR) is 62.9 cm³/mol. The minimum atomic E-state index is -4.03. The number of nitrogens with zero attached hydrogens (tertiary/aromatic N) is 2. The maximum atomic E-state index is 10.9. The van der Waals surface area contributed by atoms with E-state index in [0.29, 0.717) is 25.3 Å². The van der Waals surface area contributed by atoms with Crippen molar-refractivity contribution in [2.24, 2.45) is 0 Å². The smallest absolute Gasteiger partial charge is 0.356 e. The van der Waals surface area contributed by atoms with Crippen LogP contribution in [0.3, 0.4) is 0 Å². The molecule has 8 nitrogen and oxygen atoms in total. The van der Waals surface area contributed by atoms with Gasteiger partial charge in [0.05, 0.1) is 6.16 Å². The maximum absolute atomic E-state index is 10.9. The largest absolute Gasteiger partial charge is 0.476 e. The van der Waals surface area contributed by atoms with Gasteiger partial charge >= 0.3 is 13.6 Å². The molecule has 0 radical (unpaired) electrons. The molecule has 1 aliphatic rings. The Hall–Kier alpha value is -1.37. The third kappa shape index (κ3) is 2.90. The van der Waals surface area contributed by atoms with E-state index < -0.39 is 13.6 Å². The Morgan fingerprint density at radius 3 is 2.94 bits per heavy atom. The van der Waals surface area contributed by atoms with Crippen molar-refractivity contribution in [3.05, 3.63) is 11.9 Å². The van der Waals surface area contributed by atoms with Gasteiger partial charge in [-0.05, 0) is 12.8 Å². The number of carboxylic acids is 1. The van der Waals surface area contributed by atoms with Gasteiger partial charge in [0, 0.05) is 18.8 Å². The SMILES string of the molecule is O=C(O)c1cn2c(n1)NCCC2CCP(=O)(O)O. The zero-order valence-electron chi connectivity index (χ0n) is 9.48. The van der Waals surface area contributed by atoms with Gasteiger partial charge in [0.25, 0.3) is 0 Å². The minimum absolute atomic E-state index is 0.0689. The molecule has 1 aliphatic heterocycles. The van der Waals surface area contributed by atoms with Gasteiger partial charge in [0.15, 0.2) is 5.69 Å². The number of aromatic nitrogens is 2. The molecule has 0 fully saturated rings. The van der Waals surface area contributed by atoms with E-state index in [9.17, 15) is 9.36 Å². The molecule has 9 heteroatoms. The Morgan fingerprint density at radius 1 is 1.61 bits per heavy atom. The lowest BCUT2D eigenvalue weighted by Gasteiger charge is -2.25. The lowest BCUT2D eigenvalue weighted by atomic mass is 10.1. The summed E-state index contributed by atoms with van der Waals surface area (Å²) >= 11 is 0. The molecule has 1 unspecified atom stereocenters. The molecule has 1 atom stereocenters. The van der Waals surface area contributed by atoms with Crippen LogP contribution in [-0.2, 0) is 4.57 Å². The Morgan fingerprint density at radius 2 is 2.33 bits per heavy atom. The molecule has 18 heavy (non-hydrogen) atoms. The Kier molecular flexibility index (Phi) is 3.43. The molecule has 4 N–H and O–H groups in total. The minimum Gasteiger partial charge on any atom is -0.476 e. The molecule has 1 aromatic heterocycles. The van der Waals surface area contributed by atoms with Crippen molar-refractivity contribution >= 4 is 19.5 Å². The standard InChI is InChI=1S/C9H14N3O5P/c13-8(14)7-5-12-6(2-4-18(15,16)17)1-3-10-9(12)11-7/h5-6H,1-4H2,(H,10,11)(H,13,14)(H2,15,16,17). The van der Waals surface area contributed by atoms with Crippen LogP contribution in [0.5, 0.6) is 0 Å². The number of carboxylic acid groups (broad SMARTS) is 1. The zero-order valence-corrected chi connectivity index (χ0v) is 10.4. The summed E-state index contributed by atoms with van der Waals surface area (Å²) in [5.74, 6) is -0.679. The second-order valence-corrected chi connectivity index (χ2v) is 5.98. The topological polar surface area (TPSA) is 125 Å². The van der Waals surface area contributed by atoms with Crippen molar-refractivity contribution in [3.63, 3.8) is 0 Å². The Balaban J connectivity index is 2.17. The van der Waals surface area contributed by atoms with Gasteiger partial charge in [0.2, 0.25) is 5.95 Å². The first kappa shape index (κ1) is 13.1. The molecule has 2 rings (SSSR count). The van der Waals surface area contributed by atoms with Crippen LogP contribution < -0.4 is 5.32 Å². The molecule has 100 valence electrons. The summed E-state index contributed by atoms with van der Waals surface area (Å²) < 4.78 is 12.5. The second kappa shape index (κ2) is 4.72. The summed E-state index contributed by atoms with van der Waals surface area (Å²) in [5, 5.41) is 11.8. The third-order valence-electron chi connectivity index (χ3n) is 2.86. The van der Waals surface area contributed by atoms with Crippen molar-refractivity contribution < 1.29 is 24.3 Å². The number of nitrogens with one attached hydrogen (secondary N) is 1. The molecule has 0 aliphatic carbocycles. The van der Waals surface area contributed by atoms with Crippen LogP contribution >= 0.6 is 7.60 Å². The number of imidazole rings is 1. The fourth-order valence-electron chi connectivity index (χ4n) is 2.00. The molecule has 0 spiro atoms. The highest BCUT2D eigenvalue weighted by atomic mass is 31.2. The fourth-order valence-corrected chi connectivity index (χ4v) is 2.63. The lowest BCUT2D eigenvalue weighted by molar-refractivity contribution is 0.0691. The van der Waals surface area contributed by atoms with E-state index in [1.807, 2.05) is 0 Å². The van der Waals surface area contributed by atoms with Crippen LogP contribution in [0.4, 0.5) is 5.95 Å². The number of hydrogen-bond acceptors (Lipinski definition) is 4. The Labute approximate surface area is 103 Å². The van der Waals surface area contributed by atoms with Crippen LogP contribution in [0.1, 0.15) is 29.4 Å². The van der Waals surface area contributed by atoms with E-state index in [-0.39, 0.29) is 17.9 Å². The zero-order chi connectivity index (χ0) is 13.3. The molecule has 0 amide bonds. The monoisotopic (exact) mass is 275 g/mol. The van der Waals surface area contributed by atoms with E-state index in [1.165, 1.54) is 6.20 Å². The summed E-state index contributed by atoms with van der Waals surface area (Å²) in [6.07, 6.45) is 2.17. The molecular weight excluding hydrogens is 261 g/mol. The predicted octanol–water partition coefficient (Wildman–Crippen LogP) is 0.506. The van der Waals surface area contributed by atoms with E-state index in [4.69, 9.17) is 14.9 Å². The quantitative estimate of drug-likeness (QED) is 0.590. The van der Waals surface area contributed by atoms with Crippen molar-refractivity contribution in [2.75, 3.05) is 18.0 Å². The molecule has 2 heterocycles. The number of anilines is 1. The van der Waals surface area contributed by atoms with Crippen LogP contribution in [0, 0.1) is 0 Å². The molecule has 0 aromatic carbocycles. The average molecular weight is 275 g/mol. The van der Waals surface area contributed by atoms with Crippen molar-refractivity contribution in [1.82, 2.24) is 9.55 Å². The maximum Gasteiger partial charge on any atom is 0.356 e.